The number of rotatable bonds is 9. The molecule has 0 saturated carbocycles. The molecular weight excluding hydrogens is 402 g/mol. The molecule has 2 aromatic carbocycles. The Kier molecular flexibility index (Phi) is 6.69. The molecule has 1 aliphatic heterocycles. The van der Waals surface area contributed by atoms with Crippen LogP contribution >= 0.6 is 0 Å². The van der Waals surface area contributed by atoms with Gasteiger partial charge in [-0.1, -0.05) is 11.6 Å². The van der Waals surface area contributed by atoms with Gasteiger partial charge >= 0.3 is 5.97 Å². The first-order valence-corrected chi connectivity index (χ1v) is 9.73. The van der Waals surface area contributed by atoms with E-state index in [0.717, 1.165) is 10.5 Å². The number of carbonyl (C=O) groups is 4. The Morgan fingerprint density at radius 2 is 1.68 bits per heavy atom. The van der Waals surface area contributed by atoms with Crippen LogP contribution in [0.25, 0.3) is 0 Å². The van der Waals surface area contributed by atoms with Gasteiger partial charge in [-0.3, -0.25) is 24.1 Å². The van der Waals surface area contributed by atoms with Gasteiger partial charge in [0.1, 0.15) is 11.5 Å². The number of fused-ring (bicyclic) bond motifs is 1. The summed E-state index contributed by atoms with van der Waals surface area (Å²) in [7, 11) is 2.93. The maximum absolute atomic E-state index is 12.4. The fourth-order valence-electron chi connectivity index (χ4n) is 3.31. The van der Waals surface area contributed by atoms with Gasteiger partial charge in [-0.25, -0.2) is 0 Å². The molecular formula is C23H23NO7. The van der Waals surface area contributed by atoms with Crippen LogP contribution < -0.4 is 9.47 Å². The number of aryl methyl sites for hydroxylation is 1. The molecule has 0 N–H and O–H groups in total. The van der Waals surface area contributed by atoms with Gasteiger partial charge in [-0.2, -0.15) is 0 Å². The first kappa shape index (κ1) is 22.0. The molecule has 2 amide bonds. The minimum absolute atomic E-state index is 0.0283. The highest BCUT2D eigenvalue weighted by atomic mass is 16.5. The number of carbonyl (C=O) groups excluding carboxylic acids is 4. The molecule has 0 aliphatic carbocycles. The van der Waals surface area contributed by atoms with Gasteiger partial charge in [0, 0.05) is 19.0 Å². The second kappa shape index (κ2) is 9.42. The summed E-state index contributed by atoms with van der Waals surface area (Å²) in [5.74, 6) is -0.874. The summed E-state index contributed by atoms with van der Waals surface area (Å²) in [6.45, 7) is 1.51. The van der Waals surface area contributed by atoms with E-state index in [1.807, 2.05) is 6.92 Å². The highest BCUT2D eigenvalue weighted by Crippen LogP contribution is 2.26. The van der Waals surface area contributed by atoms with Crippen molar-refractivity contribution in [2.24, 2.45) is 0 Å². The van der Waals surface area contributed by atoms with E-state index in [9.17, 15) is 19.2 Å². The highest BCUT2D eigenvalue weighted by molar-refractivity contribution is 6.21. The number of nitrogens with zero attached hydrogens (tertiary/aromatic N) is 1. The monoisotopic (exact) mass is 425 g/mol. The van der Waals surface area contributed by atoms with Crippen molar-refractivity contribution in [2.45, 2.75) is 19.8 Å². The zero-order chi connectivity index (χ0) is 22.5. The summed E-state index contributed by atoms with van der Waals surface area (Å²) in [5.41, 5.74) is 1.92. The maximum Gasteiger partial charge on any atom is 0.306 e. The minimum atomic E-state index is -0.590. The lowest BCUT2D eigenvalue weighted by Gasteiger charge is -2.13. The third kappa shape index (κ3) is 4.74. The molecule has 8 nitrogen and oxygen atoms in total. The molecule has 1 heterocycles. The molecule has 0 atom stereocenters. The van der Waals surface area contributed by atoms with Gasteiger partial charge in [0.25, 0.3) is 11.8 Å². The second-order valence-electron chi connectivity index (χ2n) is 7.06. The number of benzene rings is 2. The Bertz CT molecular complexity index is 1040. The fourth-order valence-corrected chi connectivity index (χ4v) is 3.31. The van der Waals surface area contributed by atoms with E-state index in [1.165, 1.54) is 20.3 Å². The summed E-state index contributed by atoms with van der Waals surface area (Å²) < 4.78 is 15.3. The quantitative estimate of drug-likeness (QED) is 0.346. The predicted octanol–water partition coefficient (Wildman–Crippen LogP) is 2.81. The molecule has 0 aromatic heterocycles. The summed E-state index contributed by atoms with van der Waals surface area (Å²) in [4.78, 5) is 50.3. The minimum Gasteiger partial charge on any atom is -0.497 e. The van der Waals surface area contributed by atoms with E-state index < -0.39 is 18.4 Å². The van der Waals surface area contributed by atoms with Crippen LogP contribution in [0.1, 0.15) is 49.5 Å². The number of hydrogen-bond acceptors (Lipinski definition) is 7. The normalized spacial score (nSPS) is 12.5. The predicted molar refractivity (Wildman–Crippen MR) is 111 cm³/mol. The Balaban J connectivity index is 1.49. The van der Waals surface area contributed by atoms with Crippen molar-refractivity contribution in [3.63, 3.8) is 0 Å². The molecule has 0 unspecified atom stereocenters. The van der Waals surface area contributed by atoms with Gasteiger partial charge in [0.2, 0.25) is 5.78 Å². The van der Waals surface area contributed by atoms with Crippen molar-refractivity contribution in [1.82, 2.24) is 4.90 Å². The molecule has 3 rings (SSSR count). The third-order valence-electron chi connectivity index (χ3n) is 4.96. The summed E-state index contributed by atoms with van der Waals surface area (Å²) in [5, 5.41) is 0. The van der Waals surface area contributed by atoms with Gasteiger partial charge in [-0.05, 0) is 37.6 Å². The Morgan fingerprint density at radius 3 is 2.39 bits per heavy atom. The van der Waals surface area contributed by atoms with Crippen LogP contribution in [-0.2, 0) is 9.53 Å². The zero-order valence-electron chi connectivity index (χ0n) is 17.6. The fraction of sp³-hybridized carbons (Fsp3) is 0.304. The molecule has 8 heteroatoms. The SMILES string of the molecule is COc1ccc(C(=O)COC(=O)CCCN2C(=O)c3ccc(C)cc3C2=O)c(OC)c1. The first-order valence-electron chi connectivity index (χ1n) is 9.73. The van der Waals surface area contributed by atoms with Crippen LogP contribution in [0.5, 0.6) is 11.5 Å². The maximum atomic E-state index is 12.4. The molecule has 0 bridgehead atoms. The molecule has 0 fully saturated rings. The Hall–Kier alpha value is -3.68. The molecule has 0 radical (unpaired) electrons. The number of methoxy groups -OCH3 is 2. The highest BCUT2D eigenvalue weighted by Gasteiger charge is 2.35. The van der Waals surface area contributed by atoms with Crippen molar-refractivity contribution in [3.8, 4) is 11.5 Å². The zero-order valence-corrected chi connectivity index (χ0v) is 17.6. The van der Waals surface area contributed by atoms with Crippen molar-refractivity contribution < 1.29 is 33.4 Å². The number of ether oxygens (including phenoxy) is 3. The summed E-state index contributed by atoms with van der Waals surface area (Å²) >= 11 is 0. The number of amides is 2. The number of imide groups is 1. The van der Waals surface area contributed by atoms with Crippen LogP contribution in [0.4, 0.5) is 0 Å². The third-order valence-corrected chi connectivity index (χ3v) is 4.96. The average molecular weight is 425 g/mol. The van der Waals surface area contributed by atoms with Gasteiger partial charge in [-0.15, -0.1) is 0 Å². The van der Waals surface area contributed by atoms with Crippen LogP contribution in [0.2, 0.25) is 0 Å². The smallest absolute Gasteiger partial charge is 0.306 e. The largest absolute Gasteiger partial charge is 0.497 e. The van der Waals surface area contributed by atoms with E-state index in [-0.39, 0.29) is 36.8 Å². The average Bonchev–Trinajstić information content (AvgIpc) is 3.01. The molecule has 1 aliphatic rings. The molecule has 2 aromatic rings. The van der Waals surface area contributed by atoms with E-state index in [1.54, 1.807) is 30.3 Å². The van der Waals surface area contributed by atoms with Gasteiger partial charge in [0.15, 0.2) is 6.61 Å². The van der Waals surface area contributed by atoms with Gasteiger partial charge in [0.05, 0.1) is 30.9 Å². The van der Waals surface area contributed by atoms with E-state index >= 15 is 0 Å². The van der Waals surface area contributed by atoms with E-state index in [0.29, 0.717) is 22.6 Å². The lowest BCUT2D eigenvalue weighted by atomic mass is 10.1. The molecule has 31 heavy (non-hydrogen) atoms. The lowest BCUT2D eigenvalue weighted by molar-refractivity contribution is -0.142. The van der Waals surface area contributed by atoms with Crippen LogP contribution in [0, 0.1) is 6.92 Å². The topological polar surface area (TPSA) is 99.2 Å². The molecule has 0 spiro atoms. The van der Waals surface area contributed by atoms with Crippen molar-refractivity contribution in [2.75, 3.05) is 27.4 Å². The second-order valence-corrected chi connectivity index (χ2v) is 7.06. The van der Waals surface area contributed by atoms with Crippen LogP contribution in [0.15, 0.2) is 36.4 Å². The van der Waals surface area contributed by atoms with Crippen molar-refractivity contribution in [3.05, 3.63) is 58.7 Å². The van der Waals surface area contributed by atoms with E-state index in [4.69, 9.17) is 14.2 Å². The number of ketones is 1. The Morgan fingerprint density at radius 1 is 0.935 bits per heavy atom. The van der Waals surface area contributed by atoms with Gasteiger partial charge < -0.3 is 14.2 Å². The first-order chi connectivity index (χ1) is 14.8. The van der Waals surface area contributed by atoms with E-state index in [2.05, 4.69) is 0 Å². The summed E-state index contributed by atoms with van der Waals surface area (Å²) in [6.07, 6.45) is 0.211. The molecule has 0 saturated heterocycles. The van der Waals surface area contributed by atoms with Crippen LogP contribution in [-0.4, -0.2) is 55.8 Å². The van der Waals surface area contributed by atoms with Crippen molar-refractivity contribution >= 4 is 23.6 Å². The Labute approximate surface area is 179 Å². The number of esters is 1. The molecule has 162 valence electrons. The number of hydrogen-bond donors (Lipinski definition) is 0. The lowest BCUT2D eigenvalue weighted by Crippen LogP contribution is -2.31. The van der Waals surface area contributed by atoms with Crippen molar-refractivity contribution in [1.29, 1.82) is 0 Å². The number of Topliss-reactive ketones (excluding diaryl/α,β-unsaturated/α-hetero) is 1. The summed E-state index contributed by atoms with van der Waals surface area (Å²) in [6, 6.07) is 9.82. The standard InChI is InChI=1S/C23H23NO7/c1-14-6-8-16-18(11-14)23(28)24(22(16)27)10-4-5-21(26)31-13-19(25)17-9-7-15(29-2)12-20(17)30-3/h6-9,11-12H,4-5,10,13H2,1-3H3. The van der Waals surface area contributed by atoms with Crippen LogP contribution in [0.3, 0.4) is 0 Å².